The van der Waals surface area contributed by atoms with Crippen molar-refractivity contribution in [2.75, 3.05) is 6.54 Å². The van der Waals surface area contributed by atoms with Crippen molar-refractivity contribution in [1.29, 1.82) is 0 Å². The van der Waals surface area contributed by atoms with Crippen LogP contribution in [-0.2, 0) is 17.8 Å². The summed E-state index contributed by atoms with van der Waals surface area (Å²) in [6, 6.07) is 23.7. The quantitative estimate of drug-likeness (QED) is 0.414. The molecular formula is C29H37N3O2. The molecular weight excluding hydrogens is 422 g/mol. The molecule has 1 heterocycles. The van der Waals surface area contributed by atoms with Crippen LogP contribution in [0.5, 0.6) is 0 Å². The summed E-state index contributed by atoms with van der Waals surface area (Å²) < 4.78 is 0. The minimum absolute atomic E-state index is 0.0300. The molecule has 2 aromatic carbocycles. The van der Waals surface area contributed by atoms with Crippen LogP contribution in [0.25, 0.3) is 11.3 Å². The lowest BCUT2D eigenvalue weighted by molar-refractivity contribution is -0.129. The number of nitrogens with one attached hydrogen (secondary N) is 2. The van der Waals surface area contributed by atoms with Crippen molar-refractivity contribution in [2.24, 2.45) is 11.3 Å². The molecule has 34 heavy (non-hydrogen) atoms. The predicted octanol–water partition coefficient (Wildman–Crippen LogP) is 4.61. The number of hydrogen-bond acceptors (Lipinski definition) is 4. The maximum absolute atomic E-state index is 12.9. The molecule has 0 aliphatic heterocycles. The van der Waals surface area contributed by atoms with Gasteiger partial charge in [-0.3, -0.25) is 9.78 Å². The van der Waals surface area contributed by atoms with E-state index < -0.39 is 6.10 Å². The van der Waals surface area contributed by atoms with Crippen molar-refractivity contribution in [3.63, 3.8) is 0 Å². The molecule has 3 N–H and O–H groups in total. The predicted molar refractivity (Wildman–Crippen MR) is 138 cm³/mol. The Balaban J connectivity index is 1.59. The van der Waals surface area contributed by atoms with E-state index >= 15 is 0 Å². The average molecular weight is 460 g/mol. The molecule has 3 aromatic rings. The van der Waals surface area contributed by atoms with E-state index in [2.05, 4.69) is 60.7 Å². The van der Waals surface area contributed by atoms with Crippen molar-refractivity contribution in [3.05, 3.63) is 90.1 Å². The number of benzene rings is 2. The van der Waals surface area contributed by atoms with E-state index in [4.69, 9.17) is 0 Å². The Hall–Kier alpha value is -3.02. The smallest absolute Gasteiger partial charge is 0.223 e. The maximum atomic E-state index is 12.9. The van der Waals surface area contributed by atoms with E-state index in [1.807, 2.05) is 55.5 Å². The summed E-state index contributed by atoms with van der Waals surface area (Å²) in [4.78, 5) is 17.3. The first kappa shape index (κ1) is 25.6. The summed E-state index contributed by atoms with van der Waals surface area (Å²) in [7, 11) is 0. The maximum Gasteiger partial charge on any atom is 0.223 e. The Labute approximate surface area is 203 Å². The van der Waals surface area contributed by atoms with E-state index in [1.54, 1.807) is 6.20 Å². The molecule has 0 spiro atoms. The van der Waals surface area contributed by atoms with Crippen LogP contribution < -0.4 is 10.6 Å². The Morgan fingerprint density at radius 1 is 0.941 bits per heavy atom. The molecule has 0 aliphatic carbocycles. The Morgan fingerprint density at radius 3 is 2.24 bits per heavy atom. The third kappa shape index (κ3) is 7.51. The number of carbonyl (C=O) groups excluding carboxylic acids is 1. The molecule has 0 radical (unpaired) electrons. The first-order valence-corrected chi connectivity index (χ1v) is 12.0. The number of aliphatic hydroxyl groups excluding tert-OH is 1. The zero-order valence-electron chi connectivity index (χ0n) is 20.7. The number of rotatable bonds is 10. The van der Waals surface area contributed by atoms with Crippen molar-refractivity contribution in [1.82, 2.24) is 15.6 Å². The molecule has 0 fully saturated rings. The lowest BCUT2D eigenvalue weighted by atomic mass is 9.81. The summed E-state index contributed by atoms with van der Waals surface area (Å²) in [6.45, 7) is 9.11. The Bertz CT molecular complexity index is 1010. The van der Waals surface area contributed by atoms with Crippen LogP contribution in [0.15, 0.2) is 79.0 Å². The van der Waals surface area contributed by atoms with E-state index in [-0.39, 0.29) is 23.3 Å². The molecule has 0 bridgehead atoms. The molecule has 3 rings (SSSR count). The highest BCUT2D eigenvalue weighted by atomic mass is 16.3. The van der Waals surface area contributed by atoms with Crippen LogP contribution in [-0.4, -0.2) is 34.7 Å². The van der Waals surface area contributed by atoms with Gasteiger partial charge in [-0.1, -0.05) is 88.4 Å². The summed E-state index contributed by atoms with van der Waals surface area (Å²) in [5.41, 5.74) is 4.08. The van der Waals surface area contributed by atoms with Gasteiger partial charge < -0.3 is 15.7 Å². The van der Waals surface area contributed by atoms with Crippen molar-refractivity contribution in [3.8, 4) is 11.3 Å². The second kappa shape index (κ2) is 11.9. The van der Waals surface area contributed by atoms with Crippen LogP contribution in [0.3, 0.4) is 0 Å². The largest absolute Gasteiger partial charge is 0.390 e. The standard InChI is InChI=1S/C29H37N3O2/c1-21(29(2,3)4)28(34)32-26(18-22-10-6-5-7-11-22)27(33)20-30-19-23-13-15-24(16-14-23)25-12-8-9-17-31-25/h5-17,21,26-27,30,33H,18-20H2,1-4H3,(H,32,34). The summed E-state index contributed by atoms with van der Waals surface area (Å²) in [5.74, 6) is -0.193. The Kier molecular flexibility index (Phi) is 8.97. The zero-order valence-corrected chi connectivity index (χ0v) is 20.7. The fourth-order valence-electron chi connectivity index (χ4n) is 3.69. The molecule has 0 saturated heterocycles. The second-order valence-corrected chi connectivity index (χ2v) is 10.0. The SMILES string of the molecule is CC(C(=O)NC(Cc1ccccc1)C(O)CNCc1ccc(-c2ccccn2)cc1)C(C)(C)C. The van der Waals surface area contributed by atoms with Gasteiger partial charge in [0.05, 0.1) is 17.8 Å². The van der Waals surface area contributed by atoms with E-state index in [1.165, 1.54) is 0 Å². The number of amides is 1. The van der Waals surface area contributed by atoms with Gasteiger partial charge in [-0.25, -0.2) is 0 Å². The summed E-state index contributed by atoms with van der Waals surface area (Å²) in [6.07, 6.45) is 1.65. The van der Waals surface area contributed by atoms with Gasteiger partial charge in [0.15, 0.2) is 0 Å². The Morgan fingerprint density at radius 2 is 1.62 bits per heavy atom. The number of aromatic nitrogens is 1. The van der Waals surface area contributed by atoms with Gasteiger partial charge in [0.1, 0.15) is 0 Å². The van der Waals surface area contributed by atoms with Gasteiger partial charge in [-0.05, 0) is 35.1 Å². The highest BCUT2D eigenvalue weighted by molar-refractivity contribution is 5.79. The number of nitrogens with zero attached hydrogens (tertiary/aromatic N) is 1. The molecule has 180 valence electrons. The van der Waals surface area contributed by atoms with Gasteiger partial charge in [0.25, 0.3) is 0 Å². The monoisotopic (exact) mass is 459 g/mol. The topological polar surface area (TPSA) is 74.2 Å². The third-order valence-corrected chi connectivity index (χ3v) is 6.38. The molecule has 1 aromatic heterocycles. The minimum atomic E-state index is -0.718. The minimum Gasteiger partial charge on any atom is -0.390 e. The molecule has 5 heteroatoms. The van der Waals surface area contributed by atoms with E-state index in [9.17, 15) is 9.90 Å². The molecule has 3 unspecified atom stereocenters. The number of carbonyl (C=O) groups is 1. The van der Waals surface area contributed by atoms with Crippen molar-refractivity contribution >= 4 is 5.91 Å². The van der Waals surface area contributed by atoms with Crippen molar-refractivity contribution < 1.29 is 9.90 Å². The normalized spacial score (nSPS) is 14.3. The number of aliphatic hydroxyl groups is 1. The first-order valence-electron chi connectivity index (χ1n) is 12.0. The first-order chi connectivity index (χ1) is 16.2. The molecule has 0 aliphatic rings. The number of hydrogen-bond donors (Lipinski definition) is 3. The fourth-order valence-corrected chi connectivity index (χ4v) is 3.69. The van der Waals surface area contributed by atoms with Gasteiger partial charge in [0.2, 0.25) is 5.91 Å². The van der Waals surface area contributed by atoms with Crippen LogP contribution in [0.2, 0.25) is 0 Å². The van der Waals surface area contributed by atoms with Gasteiger partial charge >= 0.3 is 0 Å². The number of pyridine rings is 1. The average Bonchev–Trinajstić information content (AvgIpc) is 2.84. The summed E-state index contributed by atoms with van der Waals surface area (Å²) in [5, 5.41) is 17.4. The molecule has 1 amide bonds. The zero-order chi connectivity index (χ0) is 24.6. The van der Waals surface area contributed by atoms with Gasteiger partial charge in [-0.2, -0.15) is 0 Å². The molecule has 5 nitrogen and oxygen atoms in total. The van der Waals surface area contributed by atoms with Crippen LogP contribution >= 0.6 is 0 Å². The van der Waals surface area contributed by atoms with E-state index in [0.717, 1.165) is 22.4 Å². The highest BCUT2D eigenvalue weighted by Gasteiger charge is 2.30. The molecule has 3 atom stereocenters. The van der Waals surface area contributed by atoms with Crippen LogP contribution in [0.1, 0.15) is 38.8 Å². The lowest BCUT2D eigenvalue weighted by Crippen LogP contribution is -2.51. The van der Waals surface area contributed by atoms with Crippen LogP contribution in [0.4, 0.5) is 0 Å². The third-order valence-electron chi connectivity index (χ3n) is 6.38. The van der Waals surface area contributed by atoms with Crippen LogP contribution in [0, 0.1) is 11.3 Å². The fraction of sp³-hybridized carbons (Fsp3) is 0.379. The van der Waals surface area contributed by atoms with Crippen molar-refractivity contribution in [2.45, 2.75) is 52.8 Å². The van der Waals surface area contributed by atoms with Gasteiger partial charge in [0, 0.05) is 30.8 Å². The van der Waals surface area contributed by atoms with E-state index in [0.29, 0.717) is 19.5 Å². The summed E-state index contributed by atoms with van der Waals surface area (Å²) >= 11 is 0. The highest BCUT2D eigenvalue weighted by Crippen LogP contribution is 2.25. The second-order valence-electron chi connectivity index (χ2n) is 10.0. The molecule has 0 saturated carbocycles. The van der Waals surface area contributed by atoms with Gasteiger partial charge in [-0.15, -0.1) is 0 Å². The lowest BCUT2D eigenvalue weighted by Gasteiger charge is -2.30.